The molecule has 0 aliphatic carbocycles. The van der Waals surface area contributed by atoms with Crippen molar-refractivity contribution in [3.8, 4) is 0 Å². The van der Waals surface area contributed by atoms with Gasteiger partial charge in [0.1, 0.15) is 6.61 Å². The van der Waals surface area contributed by atoms with Gasteiger partial charge in [0.05, 0.1) is 13.5 Å². The molecule has 0 bridgehead atoms. The van der Waals surface area contributed by atoms with Gasteiger partial charge in [-0.25, -0.2) is 4.79 Å². The summed E-state index contributed by atoms with van der Waals surface area (Å²) in [5.41, 5.74) is 2.36. The number of ether oxygens (including phenoxy) is 2. The van der Waals surface area contributed by atoms with Crippen molar-refractivity contribution in [2.45, 2.75) is 19.4 Å². The molecule has 28 heavy (non-hydrogen) atoms. The molecule has 6 heteroatoms. The first-order valence-corrected chi connectivity index (χ1v) is 8.89. The molecule has 0 saturated carbocycles. The number of methoxy groups -OCH3 is 1. The van der Waals surface area contributed by atoms with Gasteiger partial charge < -0.3 is 14.8 Å². The minimum atomic E-state index is -0.486. The van der Waals surface area contributed by atoms with E-state index in [0.717, 1.165) is 11.1 Å². The van der Waals surface area contributed by atoms with Crippen LogP contribution in [0, 0.1) is 0 Å². The Labute approximate surface area is 164 Å². The predicted octanol–water partition coefficient (Wildman–Crippen LogP) is 3.76. The topological polar surface area (TPSA) is 81.7 Å². The highest BCUT2D eigenvalue weighted by molar-refractivity contribution is 5.97. The number of ketones is 1. The minimum absolute atomic E-state index is 0.0724. The Morgan fingerprint density at radius 1 is 0.964 bits per heavy atom. The van der Waals surface area contributed by atoms with Gasteiger partial charge in [0.15, 0.2) is 5.78 Å². The summed E-state index contributed by atoms with van der Waals surface area (Å²) in [5, 5.41) is 2.64. The molecule has 0 radical (unpaired) electrons. The zero-order valence-corrected chi connectivity index (χ0v) is 15.7. The molecule has 0 saturated heterocycles. The number of hydrogen-bond donors (Lipinski definition) is 1. The van der Waals surface area contributed by atoms with Crippen LogP contribution < -0.4 is 5.32 Å². The highest BCUT2D eigenvalue weighted by Crippen LogP contribution is 2.10. The van der Waals surface area contributed by atoms with E-state index in [1.807, 2.05) is 36.4 Å². The highest BCUT2D eigenvalue weighted by atomic mass is 16.5. The van der Waals surface area contributed by atoms with Gasteiger partial charge in [-0.05, 0) is 11.1 Å². The Kier molecular flexibility index (Phi) is 8.46. The summed E-state index contributed by atoms with van der Waals surface area (Å²) >= 11 is 0. The van der Waals surface area contributed by atoms with Crippen LogP contribution in [-0.2, 0) is 20.9 Å². The van der Waals surface area contributed by atoms with Crippen LogP contribution in [-0.4, -0.2) is 31.5 Å². The van der Waals surface area contributed by atoms with E-state index in [1.54, 1.807) is 30.3 Å². The smallest absolute Gasteiger partial charge is 0.407 e. The number of hydrogen-bond acceptors (Lipinski definition) is 5. The number of carbonyl (C=O) groups excluding carboxylic acids is 3. The molecule has 0 unspecified atom stereocenters. The molecule has 146 valence electrons. The van der Waals surface area contributed by atoms with Crippen molar-refractivity contribution >= 4 is 23.9 Å². The van der Waals surface area contributed by atoms with Crippen LogP contribution in [0.1, 0.15) is 34.3 Å². The lowest BCUT2D eigenvalue weighted by Gasteiger charge is -2.05. The highest BCUT2D eigenvalue weighted by Gasteiger charge is 2.09. The maximum absolute atomic E-state index is 12.0. The van der Waals surface area contributed by atoms with Crippen LogP contribution in [0.25, 0.3) is 6.08 Å². The summed E-state index contributed by atoms with van der Waals surface area (Å²) in [7, 11) is 1.30. The minimum Gasteiger partial charge on any atom is -0.469 e. The molecular formula is C22H23NO5. The third kappa shape index (κ3) is 7.45. The Bertz CT molecular complexity index is 813. The molecule has 1 amide bonds. The number of Topliss-reactive ketones (excluding diaryl/α,β-unsaturated/α-hetero) is 1. The lowest BCUT2D eigenvalue weighted by Crippen LogP contribution is -2.24. The van der Waals surface area contributed by atoms with Crippen molar-refractivity contribution < 1.29 is 23.9 Å². The molecule has 0 aromatic heterocycles. The van der Waals surface area contributed by atoms with Gasteiger partial charge >= 0.3 is 12.1 Å². The number of benzene rings is 2. The Balaban J connectivity index is 1.71. The summed E-state index contributed by atoms with van der Waals surface area (Å²) in [6.45, 7) is 0.551. The normalized spacial score (nSPS) is 10.5. The molecule has 0 aliphatic rings. The summed E-state index contributed by atoms with van der Waals surface area (Å²) in [5.74, 6) is -0.508. The first kappa shape index (κ1) is 20.9. The van der Waals surface area contributed by atoms with Gasteiger partial charge in [-0.1, -0.05) is 66.7 Å². The fraction of sp³-hybridized carbons (Fsp3) is 0.227. The first-order valence-electron chi connectivity index (χ1n) is 8.89. The van der Waals surface area contributed by atoms with Gasteiger partial charge in [-0.15, -0.1) is 0 Å². The van der Waals surface area contributed by atoms with E-state index in [9.17, 15) is 14.4 Å². The zero-order chi connectivity index (χ0) is 20.2. The van der Waals surface area contributed by atoms with E-state index in [1.165, 1.54) is 7.11 Å². The van der Waals surface area contributed by atoms with Gasteiger partial charge in [0.25, 0.3) is 0 Å². The lowest BCUT2D eigenvalue weighted by molar-refractivity contribution is -0.140. The largest absolute Gasteiger partial charge is 0.469 e. The fourth-order valence-electron chi connectivity index (χ4n) is 2.35. The summed E-state index contributed by atoms with van der Waals surface area (Å²) in [6, 6.07) is 16.5. The van der Waals surface area contributed by atoms with Gasteiger partial charge in [0, 0.05) is 18.5 Å². The molecule has 2 aromatic rings. The van der Waals surface area contributed by atoms with E-state index in [0.29, 0.717) is 12.1 Å². The lowest BCUT2D eigenvalue weighted by atomic mass is 10.0. The molecular weight excluding hydrogens is 358 g/mol. The second-order valence-corrected chi connectivity index (χ2v) is 5.97. The van der Waals surface area contributed by atoms with E-state index >= 15 is 0 Å². The Hall–Kier alpha value is -3.41. The fourth-order valence-corrected chi connectivity index (χ4v) is 2.35. The number of amides is 1. The molecule has 2 aromatic carbocycles. The van der Waals surface area contributed by atoms with Gasteiger partial charge in [-0.2, -0.15) is 0 Å². The van der Waals surface area contributed by atoms with Crippen molar-refractivity contribution in [3.63, 3.8) is 0 Å². The van der Waals surface area contributed by atoms with Crippen LogP contribution in [0.2, 0.25) is 0 Å². The SMILES string of the molecule is COC(=O)CCC(=O)c1ccc(C=CCNC(=O)OCc2ccccc2)cc1. The third-order valence-electron chi connectivity index (χ3n) is 3.90. The molecule has 6 nitrogen and oxygen atoms in total. The van der Waals surface area contributed by atoms with Crippen LogP contribution >= 0.6 is 0 Å². The van der Waals surface area contributed by atoms with E-state index in [2.05, 4.69) is 10.1 Å². The monoisotopic (exact) mass is 381 g/mol. The van der Waals surface area contributed by atoms with Crippen molar-refractivity contribution in [1.82, 2.24) is 5.32 Å². The van der Waals surface area contributed by atoms with Crippen molar-refractivity contribution in [3.05, 3.63) is 77.4 Å². The third-order valence-corrected chi connectivity index (χ3v) is 3.90. The van der Waals surface area contributed by atoms with E-state index in [4.69, 9.17) is 4.74 Å². The molecule has 0 fully saturated rings. The molecule has 0 aliphatic heterocycles. The second kappa shape index (κ2) is 11.3. The molecule has 0 heterocycles. The maximum atomic E-state index is 12.0. The van der Waals surface area contributed by atoms with Crippen LogP contribution in [0.4, 0.5) is 4.79 Å². The Morgan fingerprint density at radius 2 is 1.68 bits per heavy atom. The molecule has 1 N–H and O–H groups in total. The van der Waals surface area contributed by atoms with Crippen molar-refractivity contribution in [2.24, 2.45) is 0 Å². The standard InChI is InChI=1S/C22H23NO5/c1-27-21(25)14-13-20(24)19-11-9-17(10-12-19)8-5-15-23-22(26)28-16-18-6-3-2-4-7-18/h2-12H,13-16H2,1H3,(H,23,26). The number of alkyl carbamates (subject to hydrolysis) is 1. The van der Waals surface area contributed by atoms with Crippen LogP contribution in [0.15, 0.2) is 60.7 Å². The van der Waals surface area contributed by atoms with E-state index in [-0.39, 0.29) is 25.2 Å². The zero-order valence-electron chi connectivity index (χ0n) is 15.7. The number of carbonyl (C=O) groups is 3. The summed E-state index contributed by atoms with van der Waals surface area (Å²) in [6.07, 6.45) is 3.33. The quantitative estimate of drug-likeness (QED) is 0.528. The number of nitrogens with one attached hydrogen (secondary N) is 1. The summed E-state index contributed by atoms with van der Waals surface area (Å²) < 4.78 is 9.64. The van der Waals surface area contributed by atoms with Gasteiger partial charge in [-0.3, -0.25) is 9.59 Å². The average molecular weight is 381 g/mol. The van der Waals surface area contributed by atoms with Crippen molar-refractivity contribution in [2.75, 3.05) is 13.7 Å². The molecule has 0 spiro atoms. The molecule has 0 atom stereocenters. The van der Waals surface area contributed by atoms with Crippen LogP contribution in [0.3, 0.4) is 0 Å². The van der Waals surface area contributed by atoms with Crippen LogP contribution in [0.5, 0.6) is 0 Å². The molecule has 2 rings (SSSR count). The number of rotatable bonds is 9. The van der Waals surface area contributed by atoms with Gasteiger partial charge in [0.2, 0.25) is 0 Å². The second-order valence-electron chi connectivity index (χ2n) is 5.97. The number of esters is 1. The first-order chi connectivity index (χ1) is 13.6. The van der Waals surface area contributed by atoms with E-state index < -0.39 is 12.1 Å². The predicted molar refractivity (Wildman–Crippen MR) is 106 cm³/mol. The maximum Gasteiger partial charge on any atom is 0.407 e. The summed E-state index contributed by atoms with van der Waals surface area (Å²) in [4.78, 5) is 34.7. The van der Waals surface area contributed by atoms with Crippen molar-refractivity contribution in [1.29, 1.82) is 0 Å². The average Bonchev–Trinajstić information content (AvgIpc) is 2.74. The Morgan fingerprint density at radius 3 is 2.36 bits per heavy atom.